The third-order valence-electron chi connectivity index (χ3n) is 4.54. The van der Waals surface area contributed by atoms with Crippen molar-refractivity contribution in [3.63, 3.8) is 0 Å². The molecule has 1 aliphatic rings. The summed E-state index contributed by atoms with van der Waals surface area (Å²) in [6, 6.07) is 9.15. The van der Waals surface area contributed by atoms with Crippen LogP contribution >= 0.6 is 23.2 Å². The highest BCUT2D eigenvalue weighted by Gasteiger charge is 2.20. The highest BCUT2D eigenvalue weighted by molar-refractivity contribution is 6.34. The molecule has 0 unspecified atom stereocenters. The fourth-order valence-electron chi connectivity index (χ4n) is 3.05. The quantitative estimate of drug-likeness (QED) is 0.825. The number of benzene rings is 2. The van der Waals surface area contributed by atoms with Crippen molar-refractivity contribution in [2.24, 2.45) is 0 Å². The van der Waals surface area contributed by atoms with Crippen LogP contribution < -0.4 is 10.2 Å². The molecule has 2 aromatic carbocycles. The molecule has 1 N–H and O–H groups in total. The SMILES string of the molecule is CCN1CCN(c2ccc(Cl)cc2NC(=O)c2ccc(F)cc2Cl)CC1. The first kappa shape index (κ1) is 19.0. The van der Waals surface area contributed by atoms with Crippen molar-refractivity contribution in [1.29, 1.82) is 0 Å². The van der Waals surface area contributed by atoms with Crippen molar-refractivity contribution in [3.8, 4) is 0 Å². The molecule has 1 heterocycles. The highest BCUT2D eigenvalue weighted by Crippen LogP contribution is 2.31. The molecule has 0 spiro atoms. The van der Waals surface area contributed by atoms with Crippen molar-refractivity contribution in [3.05, 3.63) is 57.8 Å². The van der Waals surface area contributed by atoms with Gasteiger partial charge in [0.25, 0.3) is 5.91 Å². The third-order valence-corrected chi connectivity index (χ3v) is 5.09. The number of carbonyl (C=O) groups is 1. The van der Waals surface area contributed by atoms with Gasteiger partial charge >= 0.3 is 0 Å². The molecule has 1 fully saturated rings. The first-order valence-corrected chi connectivity index (χ1v) is 9.26. The van der Waals surface area contributed by atoms with E-state index in [1.54, 1.807) is 6.07 Å². The molecule has 4 nitrogen and oxygen atoms in total. The lowest BCUT2D eigenvalue weighted by Crippen LogP contribution is -2.46. The van der Waals surface area contributed by atoms with Crippen LogP contribution in [0, 0.1) is 5.82 Å². The number of carbonyl (C=O) groups excluding carboxylic acids is 1. The van der Waals surface area contributed by atoms with E-state index < -0.39 is 11.7 Å². The Morgan fingerprint density at radius 3 is 2.50 bits per heavy atom. The molecule has 0 saturated carbocycles. The van der Waals surface area contributed by atoms with Crippen LogP contribution in [0.15, 0.2) is 36.4 Å². The maximum Gasteiger partial charge on any atom is 0.257 e. The molecule has 1 saturated heterocycles. The monoisotopic (exact) mass is 395 g/mol. The highest BCUT2D eigenvalue weighted by atomic mass is 35.5. The summed E-state index contributed by atoms with van der Waals surface area (Å²) in [6.07, 6.45) is 0. The van der Waals surface area contributed by atoms with Crippen LogP contribution in [-0.4, -0.2) is 43.5 Å². The lowest BCUT2D eigenvalue weighted by molar-refractivity contribution is 0.102. The van der Waals surface area contributed by atoms with E-state index >= 15 is 0 Å². The van der Waals surface area contributed by atoms with E-state index in [4.69, 9.17) is 23.2 Å². The molecule has 7 heteroatoms. The zero-order valence-corrected chi connectivity index (χ0v) is 15.9. The molecular weight excluding hydrogens is 376 g/mol. The molecule has 0 atom stereocenters. The number of hydrogen-bond donors (Lipinski definition) is 1. The number of nitrogens with one attached hydrogen (secondary N) is 1. The van der Waals surface area contributed by atoms with E-state index in [9.17, 15) is 9.18 Å². The second-order valence-electron chi connectivity index (χ2n) is 6.16. The number of hydrogen-bond acceptors (Lipinski definition) is 3. The summed E-state index contributed by atoms with van der Waals surface area (Å²) in [6.45, 7) is 6.86. The molecule has 2 aromatic rings. The fraction of sp³-hybridized carbons (Fsp3) is 0.316. The normalized spacial score (nSPS) is 15.2. The predicted molar refractivity (Wildman–Crippen MR) is 105 cm³/mol. The Morgan fingerprint density at radius 1 is 1.12 bits per heavy atom. The van der Waals surface area contributed by atoms with Crippen molar-refractivity contribution in [2.45, 2.75) is 6.92 Å². The largest absolute Gasteiger partial charge is 0.367 e. The van der Waals surface area contributed by atoms with Crippen molar-refractivity contribution >= 4 is 40.5 Å². The predicted octanol–water partition coefficient (Wildman–Crippen LogP) is 4.53. The zero-order valence-electron chi connectivity index (χ0n) is 14.4. The number of amides is 1. The van der Waals surface area contributed by atoms with Gasteiger partial charge in [0.1, 0.15) is 5.82 Å². The van der Waals surface area contributed by atoms with Crippen LogP contribution in [0.1, 0.15) is 17.3 Å². The van der Waals surface area contributed by atoms with E-state index in [-0.39, 0.29) is 10.6 Å². The third kappa shape index (κ3) is 4.29. The van der Waals surface area contributed by atoms with Gasteiger partial charge in [0, 0.05) is 31.2 Å². The van der Waals surface area contributed by atoms with Crippen LogP contribution in [0.5, 0.6) is 0 Å². The molecule has 0 radical (unpaired) electrons. The molecule has 0 bridgehead atoms. The standard InChI is InChI=1S/C19H20Cl2FN3O/c1-2-24-7-9-25(10-8-24)18-6-3-13(20)11-17(18)23-19(26)15-5-4-14(22)12-16(15)21/h3-6,11-12H,2,7-10H2,1H3,(H,23,26). The Morgan fingerprint density at radius 2 is 1.85 bits per heavy atom. The maximum atomic E-state index is 13.2. The molecule has 138 valence electrons. The summed E-state index contributed by atoms with van der Waals surface area (Å²) in [7, 11) is 0. The Bertz CT molecular complexity index is 807. The van der Waals surface area contributed by atoms with Gasteiger partial charge in [-0.1, -0.05) is 30.1 Å². The van der Waals surface area contributed by atoms with Crippen molar-refractivity contribution in [1.82, 2.24) is 4.90 Å². The van der Waals surface area contributed by atoms with Crippen LogP contribution in [0.25, 0.3) is 0 Å². The average Bonchev–Trinajstić information content (AvgIpc) is 2.62. The van der Waals surface area contributed by atoms with E-state index in [0.29, 0.717) is 10.7 Å². The van der Waals surface area contributed by atoms with E-state index in [1.165, 1.54) is 12.1 Å². The Kier molecular flexibility index (Phi) is 6.01. The van der Waals surface area contributed by atoms with E-state index in [2.05, 4.69) is 22.0 Å². The number of halogens is 3. The smallest absolute Gasteiger partial charge is 0.257 e. The molecule has 1 aliphatic heterocycles. The Labute approximate surface area is 162 Å². The van der Waals surface area contributed by atoms with Crippen LogP contribution in [-0.2, 0) is 0 Å². The molecule has 26 heavy (non-hydrogen) atoms. The Balaban J connectivity index is 1.83. The number of nitrogens with zero attached hydrogens (tertiary/aromatic N) is 2. The average molecular weight is 396 g/mol. The number of anilines is 2. The number of rotatable bonds is 4. The van der Waals surface area contributed by atoms with Gasteiger partial charge in [-0.25, -0.2) is 4.39 Å². The summed E-state index contributed by atoms with van der Waals surface area (Å²) in [5, 5.41) is 3.47. The van der Waals surface area contributed by atoms with Crippen LogP contribution in [0.3, 0.4) is 0 Å². The number of piperazine rings is 1. The zero-order chi connectivity index (χ0) is 18.7. The fourth-order valence-corrected chi connectivity index (χ4v) is 3.48. The second-order valence-corrected chi connectivity index (χ2v) is 7.00. The topological polar surface area (TPSA) is 35.6 Å². The minimum Gasteiger partial charge on any atom is -0.367 e. The first-order chi connectivity index (χ1) is 12.5. The minimum atomic E-state index is -0.483. The van der Waals surface area contributed by atoms with Gasteiger partial charge in [0.15, 0.2) is 0 Å². The summed E-state index contributed by atoms with van der Waals surface area (Å²) < 4.78 is 13.2. The molecule has 1 amide bonds. The summed E-state index contributed by atoms with van der Waals surface area (Å²) in [5.41, 5.74) is 1.75. The van der Waals surface area contributed by atoms with Gasteiger partial charge in [-0.05, 0) is 42.9 Å². The molecule has 0 aromatic heterocycles. The van der Waals surface area contributed by atoms with Gasteiger partial charge in [0.2, 0.25) is 0 Å². The van der Waals surface area contributed by atoms with Gasteiger partial charge in [0.05, 0.1) is 22.0 Å². The second kappa shape index (κ2) is 8.25. The molecular formula is C19H20Cl2FN3O. The van der Waals surface area contributed by atoms with Crippen LogP contribution in [0.4, 0.5) is 15.8 Å². The summed E-state index contributed by atoms with van der Waals surface area (Å²) in [5.74, 6) is -0.880. The minimum absolute atomic E-state index is 0.0719. The molecule has 0 aliphatic carbocycles. The number of likely N-dealkylation sites (N-methyl/N-ethyl adjacent to an activating group) is 1. The summed E-state index contributed by atoms with van der Waals surface area (Å²) in [4.78, 5) is 17.2. The Hall–Kier alpha value is -1.82. The molecule has 3 rings (SSSR count). The van der Waals surface area contributed by atoms with Crippen molar-refractivity contribution in [2.75, 3.05) is 42.9 Å². The van der Waals surface area contributed by atoms with Gasteiger partial charge in [-0.3, -0.25) is 4.79 Å². The summed E-state index contributed by atoms with van der Waals surface area (Å²) >= 11 is 12.1. The van der Waals surface area contributed by atoms with E-state index in [1.807, 2.05) is 12.1 Å². The lowest BCUT2D eigenvalue weighted by Gasteiger charge is -2.36. The first-order valence-electron chi connectivity index (χ1n) is 8.51. The van der Waals surface area contributed by atoms with Crippen LogP contribution in [0.2, 0.25) is 10.0 Å². The van der Waals surface area contributed by atoms with Gasteiger partial charge in [-0.2, -0.15) is 0 Å². The van der Waals surface area contributed by atoms with Gasteiger partial charge in [-0.15, -0.1) is 0 Å². The van der Waals surface area contributed by atoms with Gasteiger partial charge < -0.3 is 15.1 Å². The maximum absolute atomic E-state index is 13.2. The lowest BCUT2D eigenvalue weighted by atomic mass is 10.1. The van der Waals surface area contributed by atoms with E-state index in [0.717, 1.165) is 44.5 Å². The van der Waals surface area contributed by atoms with Crippen molar-refractivity contribution < 1.29 is 9.18 Å².